The highest BCUT2D eigenvalue weighted by Gasteiger charge is 2.19. The van der Waals surface area contributed by atoms with Gasteiger partial charge in [-0.3, -0.25) is 9.59 Å². The molecule has 0 bridgehead atoms. The Balaban J connectivity index is 1.88. The minimum absolute atomic E-state index is 0.0129. The second-order valence-corrected chi connectivity index (χ2v) is 4.36. The molecule has 2 amide bonds. The molecule has 1 aromatic heterocycles. The van der Waals surface area contributed by atoms with Gasteiger partial charge < -0.3 is 10.2 Å². The summed E-state index contributed by atoms with van der Waals surface area (Å²) in [6.07, 6.45) is 1.15. The monoisotopic (exact) mass is 239 g/mol. The van der Waals surface area contributed by atoms with Crippen molar-refractivity contribution in [1.29, 1.82) is 0 Å². The van der Waals surface area contributed by atoms with Crippen LogP contribution in [0.2, 0.25) is 0 Å². The highest BCUT2D eigenvalue weighted by molar-refractivity contribution is 7.07. The summed E-state index contributed by atoms with van der Waals surface area (Å²) >= 11 is 1.55. The molecule has 16 heavy (non-hydrogen) atoms. The molecule has 6 heteroatoms. The lowest BCUT2D eigenvalue weighted by atomic mass is 10.3. The minimum Gasteiger partial charge on any atom is -0.347 e. The molecule has 5 nitrogen and oxygen atoms in total. The zero-order chi connectivity index (χ0) is 11.4. The van der Waals surface area contributed by atoms with Crippen LogP contribution in [0, 0.1) is 0 Å². The van der Waals surface area contributed by atoms with E-state index >= 15 is 0 Å². The predicted molar refractivity (Wildman–Crippen MR) is 60.0 cm³/mol. The molecule has 86 valence electrons. The van der Waals surface area contributed by atoms with E-state index in [0.717, 1.165) is 12.1 Å². The van der Waals surface area contributed by atoms with E-state index in [1.54, 1.807) is 21.7 Å². The normalized spacial score (nSPS) is 17.1. The number of aromatic nitrogens is 1. The first-order valence-electron chi connectivity index (χ1n) is 5.17. The van der Waals surface area contributed by atoms with Gasteiger partial charge in [0, 0.05) is 31.3 Å². The number of nitrogens with zero attached hydrogens (tertiary/aromatic N) is 2. The lowest BCUT2D eigenvalue weighted by Crippen LogP contribution is -2.36. The minimum atomic E-state index is -0.0514. The molecule has 1 saturated heterocycles. The molecule has 0 unspecified atom stereocenters. The van der Waals surface area contributed by atoms with Crippen LogP contribution in [0.5, 0.6) is 0 Å². The standard InChI is InChI=1S/C10H13N3O2S/c14-9-2-4-13(10(15)5-11-9)3-1-8-6-16-7-12-8/h6-7H,1-5H2,(H,11,14). The summed E-state index contributed by atoms with van der Waals surface area (Å²) in [5, 5.41) is 4.55. The molecule has 0 radical (unpaired) electrons. The number of hydrogen-bond acceptors (Lipinski definition) is 4. The van der Waals surface area contributed by atoms with Gasteiger partial charge in [-0.05, 0) is 0 Å². The number of amides is 2. The second-order valence-electron chi connectivity index (χ2n) is 3.64. The fraction of sp³-hybridized carbons (Fsp3) is 0.500. The summed E-state index contributed by atoms with van der Waals surface area (Å²) in [6, 6.07) is 0. The third-order valence-corrected chi connectivity index (χ3v) is 3.15. The predicted octanol–water partition coefficient (Wildman–Crippen LogP) is 0.0341. The van der Waals surface area contributed by atoms with Gasteiger partial charge in [0.15, 0.2) is 0 Å². The Morgan fingerprint density at radius 3 is 3.12 bits per heavy atom. The molecule has 0 saturated carbocycles. The van der Waals surface area contributed by atoms with Gasteiger partial charge in [-0.1, -0.05) is 0 Å². The molecule has 0 spiro atoms. The molecular formula is C10H13N3O2S. The van der Waals surface area contributed by atoms with Gasteiger partial charge in [0.2, 0.25) is 11.8 Å². The molecule has 0 atom stereocenters. The Bertz CT molecular complexity index is 377. The smallest absolute Gasteiger partial charge is 0.241 e. The summed E-state index contributed by atoms with van der Waals surface area (Å²) in [5.74, 6) is -0.0643. The Hall–Kier alpha value is -1.43. The van der Waals surface area contributed by atoms with Crippen LogP contribution in [0.15, 0.2) is 10.9 Å². The molecule has 2 rings (SSSR count). The van der Waals surface area contributed by atoms with Crippen LogP contribution >= 0.6 is 11.3 Å². The number of carbonyl (C=O) groups is 2. The Kier molecular flexibility index (Phi) is 3.51. The van der Waals surface area contributed by atoms with Crippen molar-refractivity contribution in [3.8, 4) is 0 Å². The average Bonchev–Trinajstić information content (AvgIpc) is 2.73. The van der Waals surface area contributed by atoms with Crippen LogP contribution in [0.25, 0.3) is 0 Å². The van der Waals surface area contributed by atoms with Crippen molar-refractivity contribution in [1.82, 2.24) is 15.2 Å². The molecule has 0 aliphatic carbocycles. The number of rotatable bonds is 3. The van der Waals surface area contributed by atoms with Gasteiger partial charge in [0.1, 0.15) is 0 Å². The third kappa shape index (κ3) is 2.79. The molecule has 1 aliphatic heterocycles. The number of hydrogen-bond donors (Lipinski definition) is 1. The highest BCUT2D eigenvalue weighted by atomic mass is 32.1. The first-order valence-corrected chi connectivity index (χ1v) is 6.11. The van der Waals surface area contributed by atoms with E-state index in [4.69, 9.17) is 0 Å². The molecule has 2 heterocycles. The fourth-order valence-electron chi connectivity index (χ4n) is 1.58. The van der Waals surface area contributed by atoms with Gasteiger partial charge >= 0.3 is 0 Å². The van der Waals surface area contributed by atoms with Crippen LogP contribution in [0.1, 0.15) is 12.1 Å². The average molecular weight is 239 g/mol. The summed E-state index contributed by atoms with van der Waals surface area (Å²) in [5.41, 5.74) is 2.78. The van der Waals surface area contributed by atoms with Gasteiger partial charge in [-0.15, -0.1) is 11.3 Å². The van der Waals surface area contributed by atoms with E-state index in [9.17, 15) is 9.59 Å². The molecule has 1 aliphatic rings. The summed E-state index contributed by atoms with van der Waals surface area (Å²) in [6.45, 7) is 1.27. The highest BCUT2D eigenvalue weighted by Crippen LogP contribution is 2.05. The zero-order valence-corrected chi connectivity index (χ0v) is 9.63. The van der Waals surface area contributed by atoms with E-state index in [2.05, 4.69) is 10.3 Å². The Morgan fingerprint density at radius 2 is 2.38 bits per heavy atom. The van der Waals surface area contributed by atoms with Crippen molar-refractivity contribution in [2.75, 3.05) is 19.6 Å². The lowest BCUT2D eigenvalue weighted by molar-refractivity contribution is -0.130. The van der Waals surface area contributed by atoms with Gasteiger partial charge in [0.25, 0.3) is 0 Å². The third-order valence-electron chi connectivity index (χ3n) is 2.52. The van der Waals surface area contributed by atoms with E-state index in [0.29, 0.717) is 19.5 Å². The maximum atomic E-state index is 11.6. The SMILES string of the molecule is O=C1CCN(CCc2cscn2)C(=O)CN1. The lowest BCUT2D eigenvalue weighted by Gasteiger charge is -2.18. The molecule has 1 aromatic rings. The fourth-order valence-corrected chi connectivity index (χ4v) is 2.18. The molecule has 1 fully saturated rings. The van der Waals surface area contributed by atoms with Crippen LogP contribution in [0.4, 0.5) is 0 Å². The molecular weight excluding hydrogens is 226 g/mol. The zero-order valence-electron chi connectivity index (χ0n) is 8.81. The van der Waals surface area contributed by atoms with E-state index in [-0.39, 0.29) is 18.4 Å². The van der Waals surface area contributed by atoms with E-state index < -0.39 is 0 Å². The first-order chi connectivity index (χ1) is 7.75. The van der Waals surface area contributed by atoms with Gasteiger partial charge in [-0.2, -0.15) is 0 Å². The van der Waals surface area contributed by atoms with Crippen molar-refractivity contribution in [2.24, 2.45) is 0 Å². The topological polar surface area (TPSA) is 62.3 Å². The summed E-state index contributed by atoms with van der Waals surface area (Å²) in [7, 11) is 0. The Labute approximate surface area is 97.5 Å². The number of carbonyl (C=O) groups excluding carboxylic acids is 2. The summed E-state index contributed by atoms with van der Waals surface area (Å²) in [4.78, 5) is 28.6. The molecule has 1 N–H and O–H groups in total. The van der Waals surface area contributed by atoms with Crippen LogP contribution < -0.4 is 5.32 Å². The van der Waals surface area contributed by atoms with Gasteiger partial charge in [-0.25, -0.2) is 4.98 Å². The second kappa shape index (κ2) is 5.07. The van der Waals surface area contributed by atoms with Crippen molar-refractivity contribution in [2.45, 2.75) is 12.8 Å². The quantitative estimate of drug-likeness (QED) is 0.809. The maximum absolute atomic E-state index is 11.6. The largest absolute Gasteiger partial charge is 0.347 e. The summed E-state index contributed by atoms with van der Waals surface area (Å²) < 4.78 is 0. The van der Waals surface area contributed by atoms with Crippen molar-refractivity contribution in [3.05, 3.63) is 16.6 Å². The van der Waals surface area contributed by atoms with Crippen molar-refractivity contribution >= 4 is 23.2 Å². The van der Waals surface area contributed by atoms with E-state index in [1.807, 2.05) is 5.38 Å². The Morgan fingerprint density at radius 1 is 1.50 bits per heavy atom. The van der Waals surface area contributed by atoms with Crippen LogP contribution in [-0.2, 0) is 16.0 Å². The molecule has 0 aromatic carbocycles. The van der Waals surface area contributed by atoms with Crippen molar-refractivity contribution in [3.63, 3.8) is 0 Å². The number of thiazole rings is 1. The van der Waals surface area contributed by atoms with Gasteiger partial charge in [0.05, 0.1) is 17.7 Å². The van der Waals surface area contributed by atoms with E-state index in [1.165, 1.54) is 0 Å². The number of nitrogens with one attached hydrogen (secondary N) is 1. The van der Waals surface area contributed by atoms with Crippen molar-refractivity contribution < 1.29 is 9.59 Å². The van der Waals surface area contributed by atoms with Crippen LogP contribution in [0.3, 0.4) is 0 Å². The first kappa shape index (κ1) is 11.1. The van der Waals surface area contributed by atoms with Crippen LogP contribution in [-0.4, -0.2) is 41.3 Å². The maximum Gasteiger partial charge on any atom is 0.241 e.